The molecule has 0 radical (unpaired) electrons. The van der Waals surface area contributed by atoms with Crippen LogP contribution in [0.2, 0.25) is 0 Å². The molecule has 1 rings (SSSR count). The molecule has 0 bridgehead atoms. The van der Waals surface area contributed by atoms with Crippen molar-refractivity contribution in [3.05, 3.63) is 44.5 Å². The smallest absolute Gasteiger partial charge is 0.549 e. The van der Waals surface area contributed by atoms with Crippen LogP contribution in [-0.2, 0) is 4.79 Å². The molecule has 0 aliphatic rings. The van der Waals surface area contributed by atoms with E-state index in [2.05, 4.69) is 11.6 Å². The minimum atomic E-state index is -1.23. The van der Waals surface area contributed by atoms with Gasteiger partial charge in [-0.1, -0.05) is 0 Å². The van der Waals surface area contributed by atoms with Gasteiger partial charge in [-0.15, -0.1) is 11.6 Å². The standard InChI is InChI=1S/C6H4N2O4.C2H3ClO2.Na/c9-7(10)5-1-2-6(4-3-5)8(11)12;3-1-2(4)5;/h1-4H;1H2,(H,4,5);/q;;+1/p-1. The summed E-state index contributed by atoms with van der Waals surface area (Å²) in [5.74, 6) is -1.65. The number of non-ortho nitro benzene ring substituents is 2. The molecule has 1 aromatic rings. The van der Waals surface area contributed by atoms with Crippen LogP contribution in [0.4, 0.5) is 11.4 Å². The van der Waals surface area contributed by atoms with E-state index in [1.54, 1.807) is 0 Å². The molecule has 0 atom stereocenters. The summed E-state index contributed by atoms with van der Waals surface area (Å²) in [7, 11) is 0. The van der Waals surface area contributed by atoms with E-state index < -0.39 is 21.7 Å². The van der Waals surface area contributed by atoms with Crippen molar-refractivity contribution < 1.29 is 49.3 Å². The molecule has 10 heteroatoms. The maximum Gasteiger partial charge on any atom is 1.00 e. The number of carbonyl (C=O) groups excluding carboxylic acids is 1. The Kier molecular flexibility index (Phi) is 10.4. The van der Waals surface area contributed by atoms with Gasteiger partial charge >= 0.3 is 29.6 Å². The largest absolute Gasteiger partial charge is 1.00 e. The Morgan fingerprint density at radius 2 is 1.28 bits per heavy atom. The van der Waals surface area contributed by atoms with Crippen molar-refractivity contribution in [1.29, 1.82) is 0 Å². The van der Waals surface area contributed by atoms with E-state index >= 15 is 0 Å². The molecular formula is C8H6ClN2NaO6. The molecule has 0 spiro atoms. The van der Waals surface area contributed by atoms with Gasteiger partial charge in [-0.2, -0.15) is 0 Å². The molecule has 92 valence electrons. The van der Waals surface area contributed by atoms with Crippen LogP contribution in [0, 0.1) is 20.2 Å². The number of benzene rings is 1. The van der Waals surface area contributed by atoms with Gasteiger partial charge in [0.15, 0.2) is 0 Å². The normalized spacial score (nSPS) is 8.28. The molecule has 0 aliphatic carbocycles. The van der Waals surface area contributed by atoms with Gasteiger partial charge in [0.05, 0.1) is 21.7 Å². The molecule has 0 aromatic heterocycles. The van der Waals surface area contributed by atoms with Crippen molar-refractivity contribution in [2.24, 2.45) is 0 Å². The number of carbonyl (C=O) groups is 1. The molecule has 18 heavy (non-hydrogen) atoms. The third-order valence-corrected chi connectivity index (χ3v) is 1.60. The van der Waals surface area contributed by atoms with Crippen molar-refractivity contribution in [3.63, 3.8) is 0 Å². The van der Waals surface area contributed by atoms with Gasteiger partial charge in [-0.05, 0) is 0 Å². The van der Waals surface area contributed by atoms with Gasteiger partial charge in [0.2, 0.25) is 0 Å². The second kappa shape index (κ2) is 9.77. The van der Waals surface area contributed by atoms with Crippen LogP contribution in [-0.4, -0.2) is 21.7 Å². The van der Waals surface area contributed by atoms with E-state index in [1.165, 1.54) is 0 Å². The van der Waals surface area contributed by atoms with E-state index in [-0.39, 0.29) is 40.9 Å². The number of carboxylic acid groups (broad SMARTS) is 1. The first-order valence-electron chi connectivity index (χ1n) is 4.03. The summed E-state index contributed by atoms with van der Waals surface area (Å²) in [6, 6.07) is 4.38. The summed E-state index contributed by atoms with van der Waals surface area (Å²) in [6.07, 6.45) is 0. The summed E-state index contributed by atoms with van der Waals surface area (Å²) >= 11 is 4.67. The number of nitro groups is 2. The van der Waals surface area contributed by atoms with E-state index in [1.807, 2.05) is 0 Å². The van der Waals surface area contributed by atoms with E-state index in [0.29, 0.717) is 0 Å². The average Bonchev–Trinajstić information content (AvgIpc) is 2.29. The van der Waals surface area contributed by atoms with E-state index in [4.69, 9.17) is 9.90 Å². The van der Waals surface area contributed by atoms with Gasteiger partial charge < -0.3 is 9.90 Å². The Balaban J connectivity index is 0. The number of hydrogen-bond acceptors (Lipinski definition) is 6. The number of halogens is 1. The van der Waals surface area contributed by atoms with Crippen molar-refractivity contribution in [2.75, 3.05) is 5.88 Å². The quantitative estimate of drug-likeness (QED) is 0.261. The van der Waals surface area contributed by atoms with Gasteiger partial charge in [-0.3, -0.25) is 20.2 Å². The maximum absolute atomic E-state index is 10.1. The number of nitrogens with zero attached hydrogens (tertiary/aromatic N) is 2. The number of hydrogen-bond donors (Lipinski definition) is 0. The van der Waals surface area contributed by atoms with Crippen molar-refractivity contribution in [2.45, 2.75) is 0 Å². The fourth-order valence-electron chi connectivity index (χ4n) is 0.696. The van der Waals surface area contributed by atoms with Gasteiger partial charge in [0.1, 0.15) is 0 Å². The number of rotatable bonds is 3. The number of alkyl halides is 1. The maximum atomic E-state index is 10.1. The van der Waals surface area contributed by atoms with Gasteiger partial charge in [0, 0.05) is 24.3 Å². The molecule has 0 unspecified atom stereocenters. The molecule has 0 heterocycles. The van der Waals surface area contributed by atoms with Crippen LogP contribution < -0.4 is 34.7 Å². The summed E-state index contributed by atoms with van der Waals surface area (Å²) in [5, 5.41) is 29.4. The van der Waals surface area contributed by atoms with E-state index in [9.17, 15) is 20.2 Å². The zero-order valence-electron chi connectivity index (χ0n) is 9.24. The first-order valence-corrected chi connectivity index (χ1v) is 4.56. The number of nitro benzene ring substituents is 2. The number of carboxylic acids is 1. The van der Waals surface area contributed by atoms with Gasteiger partial charge in [0.25, 0.3) is 11.4 Å². The second-order valence-corrected chi connectivity index (χ2v) is 2.80. The molecule has 0 saturated heterocycles. The first-order chi connectivity index (χ1) is 7.88. The zero-order valence-corrected chi connectivity index (χ0v) is 12.0. The monoisotopic (exact) mass is 284 g/mol. The summed E-state index contributed by atoms with van der Waals surface area (Å²) in [6.45, 7) is 0. The average molecular weight is 285 g/mol. The second-order valence-electron chi connectivity index (χ2n) is 2.54. The van der Waals surface area contributed by atoms with Crippen LogP contribution in [0.1, 0.15) is 0 Å². The summed E-state index contributed by atoms with van der Waals surface area (Å²) in [4.78, 5) is 28.1. The van der Waals surface area contributed by atoms with Crippen molar-refractivity contribution in [1.82, 2.24) is 0 Å². The Morgan fingerprint density at radius 1 is 1.06 bits per heavy atom. The van der Waals surface area contributed by atoms with Crippen LogP contribution >= 0.6 is 11.6 Å². The first kappa shape index (κ1) is 19.1. The summed E-state index contributed by atoms with van der Waals surface area (Å²) < 4.78 is 0. The predicted molar refractivity (Wildman–Crippen MR) is 55.5 cm³/mol. The molecule has 1 aromatic carbocycles. The summed E-state index contributed by atoms with van der Waals surface area (Å²) in [5.41, 5.74) is -0.304. The number of aliphatic carboxylic acids is 1. The Morgan fingerprint density at radius 3 is 1.39 bits per heavy atom. The molecule has 0 fully saturated rings. The molecule has 0 amide bonds. The van der Waals surface area contributed by atoms with Crippen LogP contribution in [0.3, 0.4) is 0 Å². The molecular weight excluding hydrogens is 279 g/mol. The molecule has 0 saturated carbocycles. The van der Waals surface area contributed by atoms with Crippen LogP contribution in [0.15, 0.2) is 24.3 Å². The fourth-order valence-corrected chi connectivity index (χ4v) is 0.696. The third kappa shape index (κ3) is 7.96. The molecule has 0 N–H and O–H groups in total. The topological polar surface area (TPSA) is 126 Å². The van der Waals surface area contributed by atoms with Crippen molar-refractivity contribution >= 4 is 28.9 Å². The van der Waals surface area contributed by atoms with Gasteiger partial charge in [-0.25, -0.2) is 0 Å². The molecule has 0 aliphatic heterocycles. The van der Waals surface area contributed by atoms with Crippen LogP contribution in [0.5, 0.6) is 0 Å². The Bertz CT molecular complexity index is 391. The minimum Gasteiger partial charge on any atom is -0.549 e. The zero-order chi connectivity index (χ0) is 13.4. The van der Waals surface area contributed by atoms with Crippen LogP contribution in [0.25, 0.3) is 0 Å². The Hall–Kier alpha value is -1.22. The van der Waals surface area contributed by atoms with Crippen molar-refractivity contribution in [3.8, 4) is 0 Å². The molecule has 8 nitrogen and oxygen atoms in total. The predicted octanol–water partition coefficient (Wildman–Crippen LogP) is -2.52. The fraction of sp³-hybridized carbons (Fsp3) is 0.125. The van der Waals surface area contributed by atoms with E-state index in [0.717, 1.165) is 24.3 Å². The third-order valence-electron chi connectivity index (χ3n) is 1.38. The Labute approximate surface area is 128 Å². The minimum absolute atomic E-state index is 0. The SMILES string of the molecule is O=C([O-])CCl.O=[N+]([O-])c1ccc([N+](=O)[O-])cc1.[Na+].